The van der Waals surface area contributed by atoms with E-state index in [2.05, 4.69) is 27.7 Å². The van der Waals surface area contributed by atoms with Crippen LogP contribution in [0.3, 0.4) is 0 Å². The van der Waals surface area contributed by atoms with Gasteiger partial charge in [0.1, 0.15) is 0 Å². The van der Waals surface area contributed by atoms with Crippen LogP contribution in [0.25, 0.3) is 0 Å². The highest BCUT2D eigenvalue weighted by molar-refractivity contribution is 5.15. The average Bonchev–Trinajstić information content (AvgIpc) is 3.16. The maximum Gasteiger partial charge on any atom is 0.171 e. The Bertz CT molecular complexity index is 684. The number of aliphatic hydroxyl groups is 1. The van der Waals surface area contributed by atoms with Gasteiger partial charge in [-0.25, -0.2) is 0 Å². The van der Waals surface area contributed by atoms with E-state index in [9.17, 15) is 5.11 Å². The minimum Gasteiger partial charge on any atom is -0.393 e. The van der Waals surface area contributed by atoms with E-state index in [1.165, 1.54) is 44.9 Å². The van der Waals surface area contributed by atoms with Crippen molar-refractivity contribution in [2.75, 3.05) is 6.61 Å². The molecule has 8 unspecified atom stereocenters. The molecule has 6 aliphatic rings. The molecule has 2 aliphatic heterocycles. The monoisotopic (exact) mass is 416 g/mol. The van der Waals surface area contributed by atoms with Gasteiger partial charge >= 0.3 is 0 Å². The van der Waals surface area contributed by atoms with Gasteiger partial charge in [0.2, 0.25) is 0 Å². The third-order valence-corrected chi connectivity index (χ3v) is 11.9. The van der Waals surface area contributed by atoms with Crippen LogP contribution < -0.4 is 0 Å². The topological polar surface area (TPSA) is 38.7 Å². The molecular weight excluding hydrogens is 372 g/mol. The molecule has 0 aromatic heterocycles. The van der Waals surface area contributed by atoms with Crippen LogP contribution in [0.1, 0.15) is 91.9 Å². The molecular formula is C27H44O3. The Kier molecular flexibility index (Phi) is 4.58. The molecule has 2 saturated heterocycles. The molecule has 6 fully saturated rings. The molecule has 0 aromatic rings. The van der Waals surface area contributed by atoms with Crippen LogP contribution in [-0.2, 0) is 9.47 Å². The first-order valence-electron chi connectivity index (χ1n) is 13.3. The number of hydrogen-bond acceptors (Lipinski definition) is 3. The molecule has 0 bridgehead atoms. The first-order chi connectivity index (χ1) is 14.3. The van der Waals surface area contributed by atoms with Gasteiger partial charge in [-0.2, -0.15) is 0 Å². The zero-order valence-corrected chi connectivity index (χ0v) is 19.7. The molecule has 3 nitrogen and oxygen atoms in total. The molecule has 6 rings (SSSR count). The summed E-state index contributed by atoms with van der Waals surface area (Å²) in [6.07, 6.45) is 12.9. The normalized spacial score (nSPS) is 62.5. The summed E-state index contributed by atoms with van der Waals surface area (Å²) in [5, 5.41) is 10.3. The first-order valence-corrected chi connectivity index (χ1v) is 13.3. The van der Waals surface area contributed by atoms with Gasteiger partial charge < -0.3 is 14.6 Å². The van der Waals surface area contributed by atoms with Crippen molar-refractivity contribution in [3.05, 3.63) is 0 Å². The highest BCUT2D eigenvalue weighted by Crippen LogP contribution is 2.71. The van der Waals surface area contributed by atoms with Crippen LogP contribution in [0, 0.1) is 52.3 Å². The number of hydrogen-bond donors (Lipinski definition) is 1. The number of ether oxygens (including phenoxy) is 2. The lowest BCUT2D eigenvalue weighted by Gasteiger charge is -2.61. The smallest absolute Gasteiger partial charge is 0.171 e. The molecule has 1 N–H and O–H groups in total. The lowest BCUT2D eigenvalue weighted by molar-refractivity contribution is -0.273. The molecule has 12 atom stereocenters. The summed E-state index contributed by atoms with van der Waals surface area (Å²) in [6, 6.07) is 0. The van der Waals surface area contributed by atoms with Gasteiger partial charge in [-0.1, -0.05) is 27.7 Å². The van der Waals surface area contributed by atoms with E-state index in [-0.39, 0.29) is 11.9 Å². The molecule has 4 saturated carbocycles. The second-order valence-electron chi connectivity index (χ2n) is 13.1. The SMILES string of the molecule is C[C@@H]1CCC2(OC1)OC1CC3C4CC[C@H]5CC(O)CC[C@]5(C)C4CCC3(C)C1[C@@H]2C. The van der Waals surface area contributed by atoms with E-state index in [1.807, 2.05) is 0 Å². The largest absolute Gasteiger partial charge is 0.393 e. The third kappa shape index (κ3) is 2.61. The predicted octanol–water partition coefficient (Wildman–Crippen LogP) is 5.79. The third-order valence-electron chi connectivity index (χ3n) is 11.9. The Morgan fingerprint density at radius 2 is 1.63 bits per heavy atom. The highest BCUT2D eigenvalue weighted by atomic mass is 16.7. The summed E-state index contributed by atoms with van der Waals surface area (Å²) in [5.41, 5.74) is 0.899. The van der Waals surface area contributed by atoms with Gasteiger partial charge in [0.05, 0.1) is 18.8 Å². The Morgan fingerprint density at radius 1 is 0.833 bits per heavy atom. The van der Waals surface area contributed by atoms with Crippen molar-refractivity contribution in [3.8, 4) is 0 Å². The summed E-state index contributed by atoms with van der Waals surface area (Å²) in [5.74, 6) is 4.93. The van der Waals surface area contributed by atoms with E-state index in [0.717, 1.165) is 49.5 Å². The van der Waals surface area contributed by atoms with Crippen LogP contribution in [-0.4, -0.2) is 29.7 Å². The molecule has 0 radical (unpaired) electrons. The fourth-order valence-corrected chi connectivity index (χ4v) is 10.3. The summed E-state index contributed by atoms with van der Waals surface area (Å²) >= 11 is 0. The molecule has 30 heavy (non-hydrogen) atoms. The molecule has 4 aliphatic carbocycles. The van der Waals surface area contributed by atoms with Crippen molar-refractivity contribution in [1.29, 1.82) is 0 Å². The van der Waals surface area contributed by atoms with E-state index in [0.29, 0.717) is 34.7 Å². The zero-order valence-electron chi connectivity index (χ0n) is 19.7. The first kappa shape index (κ1) is 20.5. The van der Waals surface area contributed by atoms with Gasteiger partial charge in [0.25, 0.3) is 0 Å². The Labute approximate surface area is 183 Å². The molecule has 3 heteroatoms. The molecule has 170 valence electrons. The second kappa shape index (κ2) is 6.70. The minimum absolute atomic E-state index is 0.0389. The lowest BCUT2D eigenvalue weighted by atomic mass is 9.44. The number of rotatable bonds is 0. The standard InChI is InChI=1S/C27H44O3/c1-16-7-12-27(29-15-16)17(2)24-23(30-27)14-22-20-6-5-18-13-19(28)8-10-25(18,3)21(20)9-11-26(22,24)4/h16-24,28H,5-15H2,1-4H3/t16-,17+,18+,19?,20?,21?,22?,23?,24?,25+,26?,27?/m1/s1. The van der Waals surface area contributed by atoms with Crippen molar-refractivity contribution < 1.29 is 14.6 Å². The maximum absolute atomic E-state index is 10.3. The summed E-state index contributed by atoms with van der Waals surface area (Å²) < 4.78 is 13.4. The van der Waals surface area contributed by atoms with E-state index < -0.39 is 0 Å². The average molecular weight is 417 g/mol. The van der Waals surface area contributed by atoms with Gasteiger partial charge in [-0.3, -0.25) is 0 Å². The van der Waals surface area contributed by atoms with Crippen LogP contribution in [0.4, 0.5) is 0 Å². The minimum atomic E-state index is -0.282. The highest BCUT2D eigenvalue weighted by Gasteiger charge is 2.69. The quantitative estimate of drug-likeness (QED) is 0.543. The van der Waals surface area contributed by atoms with Gasteiger partial charge in [0, 0.05) is 12.3 Å². The maximum atomic E-state index is 10.3. The number of aliphatic hydroxyl groups excluding tert-OH is 1. The van der Waals surface area contributed by atoms with Gasteiger partial charge in [-0.15, -0.1) is 0 Å². The summed E-state index contributed by atoms with van der Waals surface area (Å²) in [6.45, 7) is 10.9. The van der Waals surface area contributed by atoms with Gasteiger partial charge in [0.15, 0.2) is 5.79 Å². The summed E-state index contributed by atoms with van der Waals surface area (Å²) in [4.78, 5) is 0. The van der Waals surface area contributed by atoms with Crippen molar-refractivity contribution in [1.82, 2.24) is 0 Å². The van der Waals surface area contributed by atoms with Crippen LogP contribution in [0.5, 0.6) is 0 Å². The second-order valence-corrected chi connectivity index (χ2v) is 13.1. The summed E-state index contributed by atoms with van der Waals surface area (Å²) in [7, 11) is 0. The van der Waals surface area contributed by atoms with Gasteiger partial charge in [-0.05, 0) is 104 Å². The molecule has 1 spiro atoms. The van der Waals surface area contributed by atoms with Crippen LogP contribution >= 0.6 is 0 Å². The lowest BCUT2D eigenvalue weighted by Crippen LogP contribution is -2.55. The van der Waals surface area contributed by atoms with Crippen LogP contribution in [0.2, 0.25) is 0 Å². The molecule has 0 aromatic carbocycles. The fraction of sp³-hybridized carbons (Fsp3) is 1.00. The molecule has 0 amide bonds. The van der Waals surface area contributed by atoms with E-state index in [1.54, 1.807) is 0 Å². The van der Waals surface area contributed by atoms with Crippen molar-refractivity contribution >= 4 is 0 Å². The Hall–Kier alpha value is -0.120. The fourth-order valence-electron chi connectivity index (χ4n) is 10.3. The van der Waals surface area contributed by atoms with Crippen molar-refractivity contribution in [2.24, 2.45) is 52.3 Å². The molecule has 2 heterocycles. The zero-order chi connectivity index (χ0) is 20.9. The van der Waals surface area contributed by atoms with Crippen molar-refractivity contribution in [2.45, 2.75) is 110 Å². The van der Waals surface area contributed by atoms with E-state index in [4.69, 9.17) is 9.47 Å². The van der Waals surface area contributed by atoms with E-state index >= 15 is 0 Å². The number of fused-ring (bicyclic) bond motifs is 7. The van der Waals surface area contributed by atoms with Crippen molar-refractivity contribution in [3.63, 3.8) is 0 Å². The Balaban J connectivity index is 1.26. The Morgan fingerprint density at radius 3 is 2.40 bits per heavy atom. The predicted molar refractivity (Wildman–Crippen MR) is 118 cm³/mol. The van der Waals surface area contributed by atoms with Crippen LogP contribution in [0.15, 0.2) is 0 Å².